The number of carboxylic acid groups (broad SMARTS) is 1. The fourth-order valence-electron chi connectivity index (χ4n) is 7.36. The maximum absolute atomic E-state index is 13.6. The molecule has 0 spiro atoms. The molecule has 282 valence electrons. The molecule has 1 aliphatic heterocycles. The van der Waals surface area contributed by atoms with Gasteiger partial charge in [0.15, 0.2) is 0 Å². The molecule has 8 rings (SSSR count). The molecule has 4 N–H and O–H groups in total. The summed E-state index contributed by atoms with van der Waals surface area (Å²) in [6, 6.07) is 32.3. The Morgan fingerprint density at radius 2 is 1.49 bits per heavy atom. The van der Waals surface area contributed by atoms with Crippen LogP contribution in [0.3, 0.4) is 0 Å². The van der Waals surface area contributed by atoms with Crippen molar-refractivity contribution < 1.29 is 19.5 Å². The van der Waals surface area contributed by atoms with Crippen LogP contribution in [0.5, 0.6) is 0 Å². The zero-order chi connectivity index (χ0) is 38.7. The van der Waals surface area contributed by atoms with E-state index in [2.05, 4.69) is 39.5 Å². The first-order valence-corrected chi connectivity index (χ1v) is 19.3. The summed E-state index contributed by atoms with van der Waals surface area (Å²) in [5.41, 5.74) is 14.3. The molecule has 9 nitrogen and oxygen atoms in total. The van der Waals surface area contributed by atoms with Gasteiger partial charge < -0.3 is 25.6 Å². The fraction of sp³-hybridized carbons (Fsp3) is 0.261. The first-order chi connectivity index (χ1) is 26.8. The number of benzene rings is 4. The van der Waals surface area contributed by atoms with Crippen molar-refractivity contribution in [3.05, 3.63) is 149 Å². The normalized spacial score (nSPS) is 13.4. The Labute approximate surface area is 322 Å². The van der Waals surface area contributed by atoms with Crippen LogP contribution in [0.25, 0.3) is 22.2 Å². The highest BCUT2D eigenvalue weighted by molar-refractivity contribution is 6.07. The van der Waals surface area contributed by atoms with Crippen molar-refractivity contribution >= 4 is 40.1 Å². The standard InChI is InChI=1S/C34H31N5O4.C10H12.C2H6/c35-32(40)23-12-14-36-30(19-23)28-20-25(38-15-2-1-3-16-38)10-11-29(28)37-33(41)24-7-4-6-22(18-24)21-39-17-13-26-27(34(42)43)8-5-9-31(26)39;1-2-6-10-8-4-3-7-9(10)5-1;1-2/h4-14,17-20H,1-3,15-16,21H2,(H2,35,40)(H,37,41)(H,42,43);1-2,5-6H,3-4,7-8H2;1-2H3. The van der Waals surface area contributed by atoms with Crippen LogP contribution in [0.15, 0.2) is 116 Å². The monoisotopic (exact) mass is 735 g/mol. The van der Waals surface area contributed by atoms with Crippen molar-refractivity contribution in [2.45, 2.75) is 65.3 Å². The molecule has 9 heteroatoms. The van der Waals surface area contributed by atoms with E-state index >= 15 is 0 Å². The van der Waals surface area contributed by atoms with Crippen LogP contribution in [-0.4, -0.2) is 45.5 Å². The van der Waals surface area contributed by atoms with E-state index in [0.29, 0.717) is 40.0 Å². The number of nitrogens with one attached hydrogen (secondary N) is 1. The summed E-state index contributed by atoms with van der Waals surface area (Å²) in [5.74, 6) is -1.81. The van der Waals surface area contributed by atoms with E-state index in [0.717, 1.165) is 42.7 Å². The van der Waals surface area contributed by atoms with Gasteiger partial charge in [0.05, 0.1) is 16.9 Å². The van der Waals surface area contributed by atoms with Crippen LogP contribution in [0.1, 0.15) is 93.7 Å². The van der Waals surface area contributed by atoms with Crippen molar-refractivity contribution in [2.75, 3.05) is 23.3 Å². The topological polar surface area (TPSA) is 131 Å². The minimum Gasteiger partial charge on any atom is -0.478 e. The predicted molar refractivity (Wildman–Crippen MR) is 221 cm³/mol. The maximum Gasteiger partial charge on any atom is 0.336 e. The summed E-state index contributed by atoms with van der Waals surface area (Å²) >= 11 is 0. The number of hydrogen-bond donors (Lipinski definition) is 3. The number of aromatic carboxylic acids is 1. The molecule has 1 fully saturated rings. The van der Waals surface area contributed by atoms with Crippen molar-refractivity contribution in [2.24, 2.45) is 5.73 Å². The van der Waals surface area contributed by atoms with Crippen molar-refractivity contribution in [3.8, 4) is 11.3 Å². The number of piperidine rings is 1. The lowest BCUT2D eigenvalue weighted by atomic mass is 9.92. The molecule has 0 radical (unpaired) electrons. The third-order valence-electron chi connectivity index (χ3n) is 10.1. The lowest BCUT2D eigenvalue weighted by Crippen LogP contribution is -2.29. The van der Waals surface area contributed by atoms with Gasteiger partial charge in [-0.05, 0) is 122 Å². The molecule has 0 saturated carbocycles. The second kappa shape index (κ2) is 18.2. The molecule has 2 aliphatic rings. The highest BCUT2D eigenvalue weighted by Crippen LogP contribution is 2.33. The Balaban J connectivity index is 0.000000365. The second-order valence-electron chi connectivity index (χ2n) is 13.7. The lowest BCUT2D eigenvalue weighted by Gasteiger charge is -2.29. The molecule has 3 heterocycles. The van der Waals surface area contributed by atoms with E-state index in [1.54, 1.807) is 53.7 Å². The summed E-state index contributed by atoms with van der Waals surface area (Å²) in [6.45, 7) is 6.38. The van der Waals surface area contributed by atoms with Crippen molar-refractivity contribution in [1.29, 1.82) is 0 Å². The minimum atomic E-state index is -0.970. The number of aromatic nitrogens is 2. The van der Waals surface area contributed by atoms with Crippen LogP contribution >= 0.6 is 0 Å². The number of rotatable bonds is 8. The predicted octanol–water partition coefficient (Wildman–Crippen LogP) is 9.38. The quantitative estimate of drug-likeness (QED) is 0.143. The largest absolute Gasteiger partial charge is 0.478 e. The van der Waals surface area contributed by atoms with Crippen molar-refractivity contribution in [3.63, 3.8) is 0 Å². The summed E-state index contributed by atoms with van der Waals surface area (Å²) in [7, 11) is 0. The zero-order valence-electron chi connectivity index (χ0n) is 31.6. The van der Waals surface area contributed by atoms with Gasteiger partial charge in [0, 0.05) is 65.3 Å². The van der Waals surface area contributed by atoms with Gasteiger partial charge in [0.2, 0.25) is 5.91 Å². The Bertz CT molecular complexity index is 2260. The van der Waals surface area contributed by atoms with Crippen molar-refractivity contribution in [1.82, 2.24) is 9.55 Å². The number of primary amides is 1. The van der Waals surface area contributed by atoms with Gasteiger partial charge in [-0.15, -0.1) is 0 Å². The number of carbonyl (C=O) groups is 3. The molecule has 2 aromatic heterocycles. The van der Waals surface area contributed by atoms with E-state index in [9.17, 15) is 19.5 Å². The molecule has 55 heavy (non-hydrogen) atoms. The molecule has 1 aliphatic carbocycles. The highest BCUT2D eigenvalue weighted by Gasteiger charge is 2.18. The van der Waals surface area contributed by atoms with Gasteiger partial charge in [-0.25, -0.2) is 4.79 Å². The van der Waals surface area contributed by atoms with Crippen LogP contribution in [0.2, 0.25) is 0 Å². The smallest absolute Gasteiger partial charge is 0.336 e. The minimum absolute atomic E-state index is 0.252. The molecular weight excluding hydrogens is 687 g/mol. The van der Waals surface area contributed by atoms with E-state index in [1.807, 2.05) is 67.1 Å². The molecular formula is C46H49N5O4. The second-order valence-corrected chi connectivity index (χ2v) is 13.7. The SMILES string of the molecule is CC.NC(=O)c1ccnc(-c2cc(N3CCCCC3)ccc2NC(=O)c2cccc(Cn3ccc4c(C(=O)O)cccc43)c2)c1.c1ccc2c(c1)CCCC2. The number of nitrogens with zero attached hydrogens (tertiary/aromatic N) is 3. The first kappa shape index (κ1) is 38.5. The van der Waals surface area contributed by atoms with E-state index in [4.69, 9.17) is 5.73 Å². The number of carbonyl (C=O) groups excluding carboxylic acids is 2. The van der Waals surface area contributed by atoms with Gasteiger partial charge in [0.1, 0.15) is 0 Å². The van der Waals surface area contributed by atoms with Crippen LogP contribution in [0.4, 0.5) is 11.4 Å². The fourth-order valence-corrected chi connectivity index (χ4v) is 7.36. The number of hydrogen-bond acceptors (Lipinski definition) is 5. The number of anilines is 2. The molecule has 0 bridgehead atoms. The van der Waals surface area contributed by atoms with Gasteiger partial charge in [-0.1, -0.05) is 56.3 Å². The number of aryl methyl sites for hydroxylation is 2. The molecule has 0 unspecified atom stereocenters. The number of nitrogens with two attached hydrogens (primary N) is 1. The molecule has 4 aromatic carbocycles. The zero-order valence-corrected chi connectivity index (χ0v) is 31.6. The van der Waals surface area contributed by atoms with E-state index in [-0.39, 0.29) is 11.5 Å². The first-order valence-electron chi connectivity index (χ1n) is 19.3. The Kier molecular flexibility index (Phi) is 12.7. The van der Waals surface area contributed by atoms with Gasteiger partial charge in [-0.3, -0.25) is 14.6 Å². The maximum atomic E-state index is 13.6. The van der Waals surface area contributed by atoms with E-state index in [1.165, 1.54) is 32.1 Å². The number of fused-ring (bicyclic) bond motifs is 2. The third kappa shape index (κ3) is 9.30. The highest BCUT2D eigenvalue weighted by atomic mass is 16.4. The van der Waals surface area contributed by atoms with Crippen LogP contribution in [-0.2, 0) is 19.4 Å². The van der Waals surface area contributed by atoms with Gasteiger partial charge in [-0.2, -0.15) is 0 Å². The van der Waals surface area contributed by atoms with E-state index < -0.39 is 11.9 Å². The molecule has 2 amide bonds. The summed E-state index contributed by atoms with van der Waals surface area (Å²) in [4.78, 5) is 43.9. The molecule has 6 aromatic rings. The van der Waals surface area contributed by atoms with Crippen LogP contribution in [0, 0.1) is 0 Å². The van der Waals surface area contributed by atoms with Gasteiger partial charge >= 0.3 is 5.97 Å². The Morgan fingerprint density at radius 1 is 0.764 bits per heavy atom. The molecule has 0 atom stereocenters. The van der Waals surface area contributed by atoms with Gasteiger partial charge in [0.25, 0.3) is 5.91 Å². The summed E-state index contributed by atoms with van der Waals surface area (Å²) in [5, 5.41) is 13.3. The average Bonchev–Trinajstić information content (AvgIpc) is 3.65. The summed E-state index contributed by atoms with van der Waals surface area (Å²) in [6.07, 6.45) is 12.2. The number of carboxylic acids is 1. The summed E-state index contributed by atoms with van der Waals surface area (Å²) < 4.78 is 1.97. The third-order valence-corrected chi connectivity index (χ3v) is 10.1. The number of pyridine rings is 1. The molecule has 1 saturated heterocycles. The lowest BCUT2D eigenvalue weighted by molar-refractivity contribution is 0.0698. The number of amides is 2. The Hall–Kier alpha value is -6.22. The average molecular weight is 736 g/mol. The van der Waals surface area contributed by atoms with Crippen LogP contribution < -0.4 is 16.0 Å². The Morgan fingerprint density at radius 3 is 2.20 bits per heavy atom.